The number of anilines is 1. The van der Waals surface area contributed by atoms with Crippen LogP contribution < -0.4 is 21.9 Å². The van der Waals surface area contributed by atoms with E-state index >= 15 is 0 Å². The first-order valence-corrected chi connectivity index (χ1v) is 6.36. The first kappa shape index (κ1) is 15.4. The molecule has 1 aromatic rings. The zero-order valence-electron chi connectivity index (χ0n) is 12.3. The van der Waals surface area contributed by atoms with Gasteiger partial charge in [0.2, 0.25) is 5.82 Å². The lowest BCUT2D eigenvalue weighted by molar-refractivity contribution is 0.464. The van der Waals surface area contributed by atoms with Crippen LogP contribution in [0.25, 0.3) is 0 Å². The van der Waals surface area contributed by atoms with Crippen LogP contribution in [0.4, 0.5) is 5.82 Å². The fourth-order valence-corrected chi connectivity index (χ4v) is 1.70. The Hall–Kier alpha value is -1.63. The lowest BCUT2D eigenvalue weighted by Crippen LogP contribution is -2.43. The third-order valence-electron chi connectivity index (χ3n) is 3.32. The third-order valence-corrected chi connectivity index (χ3v) is 3.32. The van der Waals surface area contributed by atoms with Gasteiger partial charge in [0.1, 0.15) is 0 Å². The Balaban J connectivity index is 2.92. The monoisotopic (exact) mass is 269 g/mol. The van der Waals surface area contributed by atoms with Gasteiger partial charge in [-0.2, -0.15) is 0 Å². The molecule has 1 unspecified atom stereocenters. The average molecular weight is 269 g/mol. The molecule has 19 heavy (non-hydrogen) atoms. The minimum absolute atomic E-state index is 0.0823. The van der Waals surface area contributed by atoms with Crippen LogP contribution in [0.1, 0.15) is 20.3 Å². The normalized spacial score (nSPS) is 12.8. The molecule has 0 aliphatic rings. The van der Waals surface area contributed by atoms with Crippen molar-refractivity contribution >= 4 is 5.82 Å². The van der Waals surface area contributed by atoms with Crippen LogP contribution >= 0.6 is 0 Å². The van der Waals surface area contributed by atoms with E-state index in [-0.39, 0.29) is 17.4 Å². The number of nitrogens with two attached hydrogens (primary N) is 1. The molecule has 0 bridgehead atoms. The Labute approximate surface area is 112 Å². The first-order chi connectivity index (χ1) is 8.75. The van der Waals surface area contributed by atoms with E-state index in [9.17, 15) is 9.59 Å². The molecule has 2 N–H and O–H groups in total. The van der Waals surface area contributed by atoms with Crippen LogP contribution in [-0.4, -0.2) is 34.0 Å². The lowest BCUT2D eigenvalue weighted by Gasteiger charge is -2.22. The van der Waals surface area contributed by atoms with Crippen molar-refractivity contribution in [3.05, 3.63) is 20.8 Å². The van der Waals surface area contributed by atoms with Crippen molar-refractivity contribution in [2.24, 2.45) is 25.7 Å². The second-order valence-corrected chi connectivity index (χ2v) is 5.21. The smallest absolute Gasteiger partial charge is 0.346 e. The van der Waals surface area contributed by atoms with E-state index in [1.54, 1.807) is 11.9 Å². The van der Waals surface area contributed by atoms with Gasteiger partial charge in [0.05, 0.1) is 0 Å². The molecular formula is C12H23N5O2. The van der Waals surface area contributed by atoms with Gasteiger partial charge in [0, 0.05) is 33.7 Å². The molecule has 0 saturated heterocycles. The summed E-state index contributed by atoms with van der Waals surface area (Å²) in [6, 6.07) is 0.0823. The van der Waals surface area contributed by atoms with Gasteiger partial charge in [-0.3, -0.25) is 9.36 Å². The molecule has 0 spiro atoms. The standard InChI is InChI=1S/C12H23N5O2/c1-8(2)9(13)6-7-15(3)10-11(18)16(4)12(19)17(5)14-10/h8-9H,6-7,13H2,1-5H3. The van der Waals surface area contributed by atoms with Crippen LogP contribution in [-0.2, 0) is 14.1 Å². The summed E-state index contributed by atoms with van der Waals surface area (Å²) in [6.45, 7) is 4.75. The van der Waals surface area contributed by atoms with E-state index in [1.807, 2.05) is 0 Å². The van der Waals surface area contributed by atoms with E-state index in [0.717, 1.165) is 15.7 Å². The van der Waals surface area contributed by atoms with Crippen LogP contribution in [0.3, 0.4) is 0 Å². The van der Waals surface area contributed by atoms with Gasteiger partial charge < -0.3 is 10.6 Å². The maximum atomic E-state index is 12.0. The van der Waals surface area contributed by atoms with Crippen molar-refractivity contribution in [2.45, 2.75) is 26.3 Å². The van der Waals surface area contributed by atoms with Crippen molar-refractivity contribution in [1.29, 1.82) is 0 Å². The summed E-state index contributed by atoms with van der Waals surface area (Å²) in [5.74, 6) is 0.657. The molecule has 0 radical (unpaired) electrons. The second-order valence-electron chi connectivity index (χ2n) is 5.21. The predicted octanol–water partition coefficient (Wildman–Crippen LogP) is -0.711. The molecule has 7 heteroatoms. The van der Waals surface area contributed by atoms with Gasteiger partial charge in [-0.05, 0) is 12.3 Å². The highest BCUT2D eigenvalue weighted by Crippen LogP contribution is 2.06. The third kappa shape index (κ3) is 3.44. The Bertz CT molecular complexity index is 546. The maximum absolute atomic E-state index is 12.0. The Morgan fingerprint density at radius 1 is 1.32 bits per heavy atom. The Morgan fingerprint density at radius 2 is 1.89 bits per heavy atom. The number of aromatic nitrogens is 3. The zero-order chi connectivity index (χ0) is 14.7. The molecular weight excluding hydrogens is 246 g/mol. The molecule has 108 valence electrons. The summed E-state index contributed by atoms with van der Waals surface area (Å²) < 4.78 is 2.22. The number of nitrogens with zero attached hydrogens (tertiary/aromatic N) is 4. The van der Waals surface area contributed by atoms with Crippen molar-refractivity contribution in [3.63, 3.8) is 0 Å². The van der Waals surface area contributed by atoms with Gasteiger partial charge in [0.25, 0.3) is 5.56 Å². The van der Waals surface area contributed by atoms with E-state index in [2.05, 4.69) is 18.9 Å². The molecule has 0 fully saturated rings. The molecule has 1 heterocycles. The molecule has 1 rings (SSSR count). The summed E-state index contributed by atoms with van der Waals surface area (Å²) in [4.78, 5) is 25.3. The molecule has 1 atom stereocenters. The van der Waals surface area contributed by atoms with Crippen LogP contribution in [0.5, 0.6) is 0 Å². The highest BCUT2D eigenvalue weighted by molar-refractivity contribution is 5.32. The van der Waals surface area contributed by atoms with E-state index in [0.29, 0.717) is 12.5 Å². The average Bonchev–Trinajstić information content (AvgIpc) is 2.37. The highest BCUT2D eigenvalue weighted by Gasteiger charge is 2.15. The minimum atomic E-state index is -0.430. The Morgan fingerprint density at radius 3 is 2.42 bits per heavy atom. The molecule has 0 aliphatic carbocycles. The largest absolute Gasteiger partial charge is 0.354 e. The summed E-state index contributed by atoms with van der Waals surface area (Å²) in [5.41, 5.74) is 5.16. The van der Waals surface area contributed by atoms with Gasteiger partial charge >= 0.3 is 5.69 Å². The van der Waals surface area contributed by atoms with Crippen molar-refractivity contribution in [2.75, 3.05) is 18.5 Å². The number of rotatable bonds is 5. The number of hydrogen-bond donors (Lipinski definition) is 1. The Kier molecular flexibility index (Phi) is 4.88. The predicted molar refractivity (Wildman–Crippen MR) is 75.4 cm³/mol. The summed E-state index contributed by atoms with van der Waals surface area (Å²) in [7, 11) is 4.75. The molecule has 1 aromatic heterocycles. The zero-order valence-corrected chi connectivity index (χ0v) is 12.3. The number of aryl methyl sites for hydroxylation is 1. The second kappa shape index (κ2) is 6.01. The maximum Gasteiger partial charge on any atom is 0.346 e. The lowest BCUT2D eigenvalue weighted by atomic mass is 10.0. The minimum Gasteiger partial charge on any atom is -0.354 e. The summed E-state index contributed by atoms with van der Waals surface area (Å²) in [5, 5.41) is 4.01. The van der Waals surface area contributed by atoms with Gasteiger partial charge in [0.15, 0.2) is 0 Å². The number of hydrogen-bond acceptors (Lipinski definition) is 5. The molecule has 0 aliphatic heterocycles. The summed E-state index contributed by atoms with van der Waals surface area (Å²) >= 11 is 0. The SMILES string of the molecule is CC(C)C(N)CCN(C)c1nn(C)c(=O)n(C)c1=O. The van der Waals surface area contributed by atoms with Crippen LogP contribution in [0, 0.1) is 5.92 Å². The molecule has 0 amide bonds. The van der Waals surface area contributed by atoms with E-state index in [4.69, 9.17) is 5.73 Å². The molecule has 0 aromatic carbocycles. The topological polar surface area (TPSA) is 86.2 Å². The van der Waals surface area contributed by atoms with Gasteiger partial charge in [-0.1, -0.05) is 13.8 Å². The summed E-state index contributed by atoms with van der Waals surface area (Å²) in [6.07, 6.45) is 0.766. The van der Waals surface area contributed by atoms with Crippen molar-refractivity contribution < 1.29 is 0 Å². The van der Waals surface area contributed by atoms with Crippen molar-refractivity contribution in [3.8, 4) is 0 Å². The van der Waals surface area contributed by atoms with E-state index < -0.39 is 5.69 Å². The molecule has 0 saturated carbocycles. The van der Waals surface area contributed by atoms with Gasteiger partial charge in [-0.15, -0.1) is 5.10 Å². The van der Waals surface area contributed by atoms with Gasteiger partial charge in [-0.25, -0.2) is 9.48 Å². The fraction of sp³-hybridized carbons (Fsp3) is 0.750. The van der Waals surface area contributed by atoms with E-state index in [1.165, 1.54) is 14.1 Å². The molecule has 7 nitrogen and oxygen atoms in total. The van der Waals surface area contributed by atoms with Crippen LogP contribution in [0.15, 0.2) is 9.59 Å². The fourth-order valence-electron chi connectivity index (χ4n) is 1.70. The first-order valence-electron chi connectivity index (χ1n) is 6.36. The van der Waals surface area contributed by atoms with Crippen molar-refractivity contribution in [1.82, 2.24) is 14.3 Å². The quantitative estimate of drug-likeness (QED) is 0.763. The highest BCUT2D eigenvalue weighted by atomic mass is 16.2. The van der Waals surface area contributed by atoms with Crippen LogP contribution in [0.2, 0.25) is 0 Å².